The molecule has 1 atom stereocenters. The van der Waals surface area contributed by atoms with Crippen molar-refractivity contribution in [3.8, 4) is 12.3 Å². The quantitative estimate of drug-likeness (QED) is 0.549. The molecule has 98 valence electrons. The first-order chi connectivity index (χ1) is 8.74. The third kappa shape index (κ3) is 5.80. The van der Waals surface area contributed by atoms with Crippen LogP contribution in [0.5, 0.6) is 0 Å². The van der Waals surface area contributed by atoms with Gasteiger partial charge in [0.25, 0.3) is 0 Å². The summed E-state index contributed by atoms with van der Waals surface area (Å²) in [5.41, 5.74) is 0. The van der Waals surface area contributed by atoms with Gasteiger partial charge in [-0.2, -0.15) is 0 Å². The number of terminal acetylenes is 1. The summed E-state index contributed by atoms with van der Waals surface area (Å²) in [5, 5.41) is 5.94. The first-order valence-corrected chi connectivity index (χ1v) is 6.94. The third-order valence-corrected chi connectivity index (χ3v) is 3.16. The second-order valence-electron chi connectivity index (χ2n) is 3.73. The molecule has 18 heavy (non-hydrogen) atoms. The van der Waals surface area contributed by atoms with Crippen LogP contribution in [-0.2, 0) is 11.3 Å². The monoisotopic (exact) mass is 266 g/mol. The fourth-order valence-electron chi connectivity index (χ4n) is 1.31. The Bertz CT molecular complexity index is 384. The van der Waals surface area contributed by atoms with Crippen LogP contribution in [0.4, 0.5) is 0 Å². The number of hydrogen-bond acceptors (Lipinski definition) is 4. The lowest BCUT2D eigenvalue weighted by atomic mass is 10.3. The number of hydrogen-bond donors (Lipinski definition) is 2. The molecule has 0 aliphatic heterocycles. The van der Waals surface area contributed by atoms with E-state index in [9.17, 15) is 4.79 Å². The normalized spacial score (nSPS) is 11.8. The van der Waals surface area contributed by atoms with Gasteiger partial charge in [-0.05, 0) is 19.1 Å². The highest BCUT2D eigenvalue weighted by Gasteiger charge is 2.11. The average molecular weight is 266 g/mol. The van der Waals surface area contributed by atoms with Crippen LogP contribution in [0.1, 0.15) is 12.7 Å². The first-order valence-electron chi connectivity index (χ1n) is 5.78. The van der Waals surface area contributed by atoms with E-state index in [2.05, 4.69) is 16.6 Å². The zero-order valence-corrected chi connectivity index (χ0v) is 11.3. The van der Waals surface area contributed by atoms with Crippen molar-refractivity contribution in [2.24, 2.45) is 0 Å². The van der Waals surface area contributed by atoms with Crippen LogP contribution in [0, 0.1) is 12.3 Å². The maximum atomic E-state index is 11.7. The van der Waals surface area contributed by atoms with Gasteiger partial charge in [0, 0.05) is 12.3 Å². The van der Waals surface area contributed by atoms with Crippen molar-refractivity contribution in [1.82, 2.24) is 10.6 Å². The standard InChI is InChI=1S/C13H18N2O2S/c1-3-8-18-9-6-14-11(2)13(16)15-10-12-5-4-7-17-12/h1,4-5,7,11,14H,6,8-10H2,2H3,(H,15,16). The lowest BCUT2D eigenvalue weighted by Crippen LogP contribution is -2.42. The van der Waals surface area contributed by atoms with Gasteiger partial charge in [0.15, 0.2) is 0 Å². The second-order valence-corrected chi connectivity index (χ2v) is 4.83. The first kappa shape index (κ1) is 14.7. The molecule has 1 heterocycles. The molecule has 1 aromatic heterocycles. The molecular formula is C13H18N2O2S. The molecule has 0 aliphatic rings. The minimum atomic E-state index is -0.216. The topological polar surface area (TPSA) is 54.3 Å². The largest absolute Gasteiger partial charge is 0.467 e. The number of carbonyl (C=O) groups excluding carboxylic acids is 1. The second kappa shape index (κ2) is 8.67. The molecule has 0 aliphatic carbocycles. The van der Waals surface area contributed by atoms with Gasteiger partial charge < -0.3 is 15.1 Å². The molecule has 0 spiro atoms. The summed E-state index contributed by atoms with van der Waals surface area (Å²) >= 11 is 1.67. The summed E-state index contributed by atoms with van der Waals surface area (Å²) in [6.45, 7) is 3.02. The Morgan fingerprint density at radius 1 is 1.67 bits per heavy atom. The van der Waals surface area contributed by atoms with Crippen molar-refractivity contribution < 1.29 is 9.21 Å². The van der Waals surface area contributed by atoms with E-state index in [1.807, 2.05) is 13.0 Å². The smallest absolute Gasteiger partial charge is 0.237 e. The van der Waals surface area contributed by atoms with E-state index >= 15 is 0 Å². The van der Waals surface area contributed by atoms with Crippen molar-refractivity contribution in [2.75, 3.05) is 18.1 Å². The van der Waals surface area contributed by atoms with Crippen LogP contribution in [-0.4, -0.2) is 30.0 Å². The molecule has 0 radical (unpaired) electrons. The van der Waals surface area contributed by atoms with Gasteiger partial charge in [-0.1, -0.05) is 5.92 Å². The number of nitrogens with one attached hydrogen (secondary N) is 2. The fraction of sp³-hybridized carbons (Fsp3) is 0.462. The van der Waals surface area contributed by atoms with Gasteiger partial charge in [-0.15, -0.1) is 18.2 Å². The minimum absolute atomic E-state index is 0.0339. The highest BCUT2D eigenvalue weighted by Crippen LogP contribution is 1.99. The van der Waals surface area contributed by atoms with E-state index in [4.69, 9.17) is 10.8 Å². The summed E-state index contributed by atoms with van der Waals surface area (Å²) in [4.78, 5) is 11.7. The molecule has 0 fully saturated rings. The Morgan fingerprint density at radius 2 is 2.50 bits per heavy atom. The molecule has 1 amide bonds. The summed E-state index contributed by atoms with van der Waals surface area (Å²) in [5.74, 6) is 4.89. The average Bonchev–Trinajstić information content (AvgIpc) is 2.88. The van der Waals surface area contributed by atoms with Crippen molar-refractivity contribution in [3.63, 3.8) is 0 Å². The summed E-state index contributed by atoms with van der Waals surface area (Å²) in [6, 6.07) is 3.41. The Kier molecular flexibility index (Phi) is 7.07. The van der Waals surface area contributed by atoms with E-state index in [-0.39, 0.29) is 11.9 Å². The van der Waals surface area contributed by atoms with Crippen LogP contribution in [0.3, 0.4) is 0 Å². The van der Waals surface area contributed by atoms with Crippen LogP contribution in [0.25, 0.3) is 0 Å². The van der Waals surface area contributed by atoms with Gasteiger partial charge in [-0.25, -0.2) is 0 Å². The van der Waals surface area contributed by atoms with E-state index < -0.39 is 0 Å². The number of amides is 1. The molecule has 0 saturated heterocycles. The number of thioether (sulfide) groups is 1. The zero-order chi connectivity index (χ0) is 13.2. The van der Waals surface area contributed by atoms with Gasteiger partial charge in [-0.3, -0.25) is 4.79 Å². The van der Waals surface area contributed by atoms with Crippen LogP contribution in [0.15, 0.2) is 22.8 Å². The number of rotatable bonds is 8. The van der Waals surface area contributed by atoms with Crippen molar-refractivity contribution >= 4 is 17.7 Å². The van der Waals surface area contributed by atoms with Gasteiger partial charge in [0.05, 0.1) is 24.6 Å². The van der Waals surface area contributed by atoms with Crippen molar-refractivity contribution in [1.29, 1.82) is 0 Å². The molecule has 4 nitrogen and oxygen atoms in total. The Morgan fingerprint density at radius 3 is 3.17 bits per heavy atom. The molecule has 1 rings (SSSR count). The Balaban J connectivity index is 2.11. The van der Waals surface area contributed by atoms with Gasteiger partial charge in [0.1, 0.15) is 5.76 Å². The minimum Gasteiger partial charge on any atom is -0.467 e. The van der Waals surface area contributed by atoms with Crippen LogP contribution in [0.2, 0.25) is 0 Å². The van der Waals surface area contributed by atoms with E-state index in [0.717, 1.165) is 18.1 Å². The Labute approximate surface area is 112 Å². The van der Waals surface area contributed by atoms with Crippen LogP contribution >= 0.6 is 11.8 Å². The SMILES string of the molecule is C#CCSCCNC(C)C(=O)NCc1ccco1. The van der Waals surface area contributed by atoms with Crippen LogP contribution < -0.4 is 10.6 Å². The highest BCUT2D eigenvalue weighted by molar-refractivity contribution is 7.99. The molecule has 1 aromatic rings. The lowest BCUT2D eigenvalue weighted by Gasteiger charge is -2.13. The third-order valence-electron chi connectivity index (χ3n) is 2.29. The van der Waals surface area contributed by atoms with Gasteiger partial charge in [0.2, 0.25) is 5.91 Å². The van der Waals surface area contributed by atoms with Crippen molar-refractivity contribution in [2.45, 2.75) is 19.5 Å². The highest BCUT2D eigenvalue weighted by atomic mass is 32.2. The summed E-state index contributed by atoms with van der Waals surface area (Å²) in [6.07, 6.45) is 6.73. The summed E-state index contributed by atoms with van der Waals surface area (Å²) < 4.78 is 5.13. The van der Waals surface area contributed by atoms with E-state index in [1.54, 1.807) is 24.1 Å². The Hall–Kier alpha value is -1.38. The molecule has 2 N–H and O–H groups in total. The molecular weight excluding hydrogens is 248 g/mol. The fourth-order valence-corrected chi connectivity index (χ4v) is 1.84. The molecule has 0 saturated carbocycles. The zero-order valence-electron chi connectivity index (χ0n) is 10.4. The summed E-state index contributed by atoms with van der Waals surface area (Å²) in [7, 11) is 0. The van der Waals surface area contributed by atoms with Crippen molar-refractivity contribution in [3.05, 3.63) is 24.2 Å². The molecule has 1 unspecified atom stereocenters. The molecule has 5 heteroatoms. The number of furan rings is 1. The van der Waals surface area contributed by atoms with Gasteiger partial charge >= 0.3 is 0 Å². The molecule has 0 bridgehead atoms. The predicted octanol–water partition coefficient (Wildman–Crippen LogP) is 1.24. The van der Waals surface area contributed by atoms with E-state index in [1.165, 1.54) is 0 Å². The van der Waals surface area contributed by atoms with E-state index in [0.29, 0.717) is 12.3 Å². The lowest BCUT2D eigenvalue weighted by molar-refractivity contribution is -0.122. The maximum Gasteiger partial charge on any atom is 0.237 e. The number of carbonyl (C=O) groups is 1. The predicted molar refractivity (Wildman–Crippen MR) is 74.2 cm³/mol. The maximum absolute atomic E-state index is 11.7. The molecule has 0 aromatic carbocycles.